The fourth-order valence-electron chi connectivity index (χ4n) is 2.10. The van der Waals surface area contributed by atoms with Crippen molar-refractivity contribution in [1.29, 1.82) is 0 Å². The summed E-state index contributed by atoms with van der Waals surface area (Å²) in [4.78, 5) is 15.8. The Hall–Kier alpha value is -1.42. The fraction of sp³-hybridized carbons (Fsp3) is 0.500. The fourth-order valence-corrected chi connectivity index (χ4v) is 2.10. The molecule has 4 heteroatoms. The van der Waals surface area contributed by atoms with Crippen molar-refractivity contribution in [3.8, 4) is 0 Å². The van der Waals surface area contributed by atoms with E-state index in [4.69, 9.17) is 5.73 Å². The molecule has 1 heterocycles. The lowest BCUT2D eigenvalue weighted by Gasteiger charge is -2.11. The summed E-state index contributed by atoms with van der Waals surface area (Å²) in [6.45, 7) is 0.362. The zero-order chi connectivity index (χ0) is 11.4. The Balaban J connectivity index is 1.90. The standard InChI is InChI=1S/C12H17N3O/c13-11-5-6-14-7-10(11)12(16)8-15-9-3-1-2-4-9/h5-7,9,15H,1-4,8H2,(H2,13,14). The number of hydrogen-bond donors (Lipinski definition) is 2. The van der Waals surface area contributed by atoms with Crippen LogP contribution in [0.1, 0.15) is 36.0 Å². The molecule has 0 atom stereocenters. The average Bonchev–Trinajstić information content (AvgIpc) is 2.79. The van der Waals surface area contributed by atoms with Crippen molar-refractivity contribution < 1.29 is 4.79 Å². The van der Waals surface area contributed by atoms with Gasteiger partial charge in [0.1, 0.15) is 0 Å². The van der Waals surface area contributed by atoms with Crippen LogP contribution >= 0.6 is 0 Å². The van der Waals surface area contributed by atoms with Crippen LogP contribution in [0.3, 0.4) is 0 Å². The number of carbonyl (C=O) groups is 1. The largest absolute Gasteiger partial charge is 0.398 e. The van der Waals surface area contributed by atoms with E-state index in [1.54, 1.807) is 12.3 Å². The molecule has 16 heavy (non-hydrogen) atoms. The van der Waals surface area contributed by atoms with Crippen LogP contribution in [0.4, 0.5) is 5.69 Å². The number of nitrogen functional groups attached to an aromatic ring is 1. The third-order valence-corrected chi connectivity index (χ3v) is 3.06. The van der Waals surface area contributed by atoms with Gasteiger partial charge in [-0.25, -0.2) is 0 Å². The van der Waals surface area contributed by atoms with Gasteiger partial charge in [-0.2, -0.15) is 0 Å². The molecule has 1 aromatic rings. The van der Waals surface area contributed by atoms with Crippen LogP contribution in [0.15, 0.2) is 18.5 Å². The van der Waals surface area contributed by atoms with Crippen molar-refractivity contribution in [3.05, 3.63) is 24.0 Å². The summed E-state index contributed by atoms with van der Waals surface area (Å²) in [7, 11) is 0. The molecular weight excluding hydrogens is 202 g/mol. The summed E-state index contributed by atoms with van der Waals surface area (Å²) < 4.78 is 0. The normalized spacial score (nSPS) is 16.5. The maximum atomic E-state index is 11.8. The number of Topliss-reactive ketones (excluding diaryl/α,β-unsaturated/α-hetero) is 1. The van der Waals surface area contributed by atoms with Gasteiger partial charge in [-0.15, -0.1) is 0 Å². The van der Waals surface area contributed by atoms with Gasteiger partial charge in [0.2, 0.25) is 0 Å². The van der Waals surface area contributed by atoms with Crippen molar-refractivity contribution in [2.75, 3.05) is 12.3 Å². The minimum Gasteiger partial charge on any atom is -0.398 e. The molecule has 1 aromatic heterocycles. The van der Waals surface area contributed by atoms with E-state index in [0.717, 1.165) is 0 Å². The Bertz CT molecular complexity index is 372. The van der Waals surface area contributed by atoms with Gasteiger partial charge in [0.25, 0.3) is 0 Å². The second-order valence-electron chi connectivity index (χ2n) is 4.25. The molecule has 0 amide bonds. The van der Waals surface area contributed by atoms with E-state index < -0.39 is 0 Å². The first-order valence-electron chi connectivity index (χ1n) is 5.73. The summed E-state index contributed by atoms with van der Waals surface area (Å²) in [5.41, 5.74) is 6.75. The van der Waals surface area contributed by atoms with E-state index in [2.05, 4.69) is 10.3 Å². The number of hydrogen-bond acceptors (Lipinski definition) is 4. The predicted molar refractivity (Wildman–Crippen MR) is 63.2 cm³/mol. The van der Waals surface area contributed by atoms with Crippen molar-refractivity contribution >= 4 is 11.5 Å². The molecule has 0 saturated heterocycles. The number of nitrogens with zero attached hydrogens (tertiary/aromatic N) is 1. The molecule has 4 nitrogen and oxygen atoms in total. The average molecular weight is 219 g/mol. The number of nitrogens with two attached hydrogens (primary N) is 1. The van der Waals surface area contributed by atoms with Crippen molar-refractivity contribution in [1.82, 2.24) is 10.3 Å². The molecule has 86 valence electrons. The minimum absolute atomic E-state index is 0.0255. The molecular formula is C12H17N3O. The van der Waals surface area contributed by atoms with Crippen molar-refractivity contribution in [3.63, 3.8) is 0 Å². The minimum atomic E-state index is 0.0255. The summed E-state index contributed by atoms with van der Waals surface area (Å²) in [5.74, 6) is 0.0255. The summed E-state index contributed by atoms with van der Waals surface area (Å²) in [5, 5.41) is 3.27. The second kappa shape index (κ2) is 5.07. The van der Waals surface area contributed by atoms with Gasteiger partial charge >= 0.3 is 0 Å². The van der Waals surface area contributed by atoms with Gasteiger partial charge in [-0.3, -0.25) is 9.78 Å². The summed E-state index contributed by atoms with van der Waals surface area (Å²) in [6, 6.07) is 2.16. The third kappa shape index (κ3) is 2.58. The van der Waals surface area contributed by atoms with Gasteiger partial charge in [-0.05, 0) is 18.9 Å². The Kier molecular flexibility index (Phi) is 3.51. The first-order valence-corrected chi connectivity index (χ1v) is 5.73. The van der Waals surface area contributed by atoms with Crippen LogP contribution in [0.25, 0.3) is 0 Å². The third-order valence-electron chi connectivity index (χ3n) is 3.06. The van der Waals surface area contributed by atoms with E-state index >= 15 is 0 Å². The SMILES string of the molecule is Nc1ccncc1C(=O)CNC1CCCC1. The van der Waals surface area contributed by atoms with Crippen LogP contribution in [-0.2, 0) is 0 Å². The van der Waals surface area contributed by atoms with Crippen LogP contribution < -0.4 is 11.1 Å². The van der Waals surface area contributed by atoms with Gasteiger partial charge in [0, 0.05) is 24.1 Å². The first-order chi connectivity index (χ1) is 7.77. The molecule has 0 bridgehead atoms. The Labute approximate surface area is 95.3 Å². The van der Waals surface area contributed by atoms with E-state index in [-0.39, 0.29) is 5.78 Å². The van der Waals surface area contributed by atoms with Crippen molar-refractivity contribution in [2.45, 2.75) is 31.7 Å². The van der Waals surface area contributed by atoms with Gasteiger partial charge in [-0.1, -0.05) is 12.8 Å². The Morgan fingerprint density at radius 1 is 1.50 bits per heavy atom. The Morgan fingerprint density at radius 3 is 2.94 bits per heavy atom. The highest BCUT2D eigenvalue weighted by Crippen LogP contribution is 2.17. The highest BCUT2D eigenvalue weighted by molar-refractivity contribution is 6.01. The zero-order valence-corrected chi connectivity index (χ0v) is 9.28. The monoisotopic (exact) mass is 219 g/mol. The van der Waals surface area contributed by atoms with Gasteiger partial charge < -0.3 is 11.1 Å². The van der Waals surface area contributed by atoms with E-state index in [9.17, 15) is 4.79 Å². The van der Waals surface area contributed by atoms with Gasteiger partial charge in [0.15, 0.2) is 5.78 Å². The van der Waals surface area contributed by atoms with Crippen LogP contribution in [0.2, 0.25) is 0 Å². The molecule has 0 spiro atoms. The molecule has 0 aliphatic heterocycles. The van der Waals surface area contributed by atoms with E-state index in [1.807, 2.05) is 0 Å². The topological polar surface area (TPSA) is 68.0 Å². The number of ketones is 1. The first kappa shape index (κ1) is 11.1. The molecule has 0 aromatic carbocycles. The number of aromatic nitrogens is 1. The Morgan fingerprint density at radius 2 is 2.25 bits per heavy atom. The van der Waals surface area contributed by atoms with Crippen molar-refractivity contribution in [2.24, 2.45) is 0 Å². The lowest BCUT2D eigenvalue weighted by Crippen LogP contribution is -2.31. The lowest BCUT2D eigenvalue weighted by atomic mass is 10.1. The second-order valence-corrected chi connectivity index (χ2v) is 4.25. The van der Waals surface area contributed by atoms with Crippen LogP contribution in [0, 0.1) is 0 Å². The number of carbonyl (C=O) groups excluding carboxylic acids is 1. The molecule has 0 unspecified atom stereocenters. The number of pyridine rings is 1. The molecule has 2 rings (SSSR count). The van der Waals surface area contributed by atoms with Crippen LogP contribution in [-0.4, -0.2) is 23.4 Å². The molecule has 1 aliphatic carbocycles. The quantitative estimate of drug-likeness (QED) is 0.751. The highest BCUT2D eigenvalue weighted by Gasteiger charge is 2.16. The molecule has 1 saturated carbocycles. The summed E-state index contributed by atoms with van der Waals surface area (Å²) in [6.07, 6.45) is 8.01. The maximum absolute atomic E-state index is 11.8. The molecule has 3 N–H and O–H groups in total. The smallest absolute Gasteiger partial charge is 0.180 e. The zero-order valence-electron chi connectivity index (χ0n) is 9.28. The van der Waals surface area contributed by atoms with Gasteiger partial charge in [0.05, 0.1) is 12.1 Å². The lowest BCUT2D eigenvalue weighted by molar-refractivity contribution is 0.0988. The van der Waals surface area contributed by atoms with Crippen LogP contribution in [0.5, 0.6) is 0 Å². The molecule has 0 radical (unpaired) electrons. The maximum Gasteiger partial charge on any atom is 0.180 e. The number of nitrogens with one attached hydrogen (secondary N) is 1. The number of anilines is 1. The predicted octanol–water partition coefficient (Wildman–Crippen LogP) is 1.38. The number of rotatable bonds is 4. The molecule has 1 fully saturated rings. The summed E-state index contributed by atoms with van der Waals surface area (Å²) >= 11 is 0. The van der Waals surface area contributed by atoms with E-state index in [0.29, 0.717) is 23.8 Å². The molecule has 1 aliphatic rings. The highest BCUT2D eigenvalue weighted by atomic mass is 16.1. The van der Waals surface area contributed by atoms with E-state index in [1.165, 1.54) is 31.9 Å².